The average Bonchev–Trinajstić information content (AvgIpc) is 2.77. The third-order valence-corrected chi connectivity index (χ3v) is 3.77. The van der Waals surface area contributed by atoms with E-state index in [1.807, 2.05) is 18.2 Å². The second-order valence-electron chi connectivity index (χ2n) is 4.42. The Morgan fingerprint density at radius 3 is 3.00 bits per heavy atom. The predicted octanol–water partition coefficient (Wildman–Crippen LogP) is 1.91. The van der Waals surface area contributed by atoms with Crippen LogP contribution in [0, 0.1) is 0 Å². The number of benzene rings is 1. The maximum absolute atomic E-state index is 11.8. The van der Waals surface area contributed by atoms with Crippen LogP contribution in [0.5, 0.6) is 5.75 Å². The van der Waals surface area contributed by atoms with Crippen LogP contribution in [-0.4, -0.2) is 42.8 Å². The molecule has 1 aliphatic rings. The average molecular weight is 329 g/mol. The molecule has 1 atom stereocenters. The summed E-state index contributed by atoms with van der Waals surface area (Å²) in [5.74, 6) is 0.769. The molecule has 0 radical (unpaired) electrons. The number of aliphatic hydroxyl groups excluding tert-OH is 1. The number of carbonyl (C=O) groups is 1. The Labute approximate surface area is 120 Å². The molecular formula is C13H17BrN2O3. The van der Waals surface area contributed by atoms with Crippen molar-refractivity contribution in [3.63, 3.8) is 0 Å². The summed E-state index contributed by atoms with van der Waals surface area (Å²) in [5, 5.41) is 11.7. The summed E-state index contributed by atoms with van der Waals surface area (Å²) in [6.07, 6.45) is 0.604. The van der Waals surface area contributed by atoms with E-state index >= 15 is 0 Å². The molecule has 0 bridgehead atoms. The molecule has 104 valence electrons. The molecule has 1 fully saturated rings. The number of halogens is 1. The van der Waals surface area contributed by atoms with Crippen molar-refractivity contribution in [2.24, 2.45) is 0 Å². The molecule has 0 spiro atoms. The maximum Gasteiger partial charge on any atom is 0.318 e. The Bertz CT molecular complexity index is 467. The van der Waals surface area contributed by atoms with Crippen molar-refractivity contribution >= 4 is 22.0 Å². The summed E-state index contributed by atoms with van der Waals surface area (Å²) in [7, 11) is 1.62. The monoisotopic (exact) mass is 328 g/mol. The molecule has 0 aromatic heterocycles. The molecular weight excluding hydrogens is 312 g/mol. The molecule has 1 aromatic carbocycles. The van der Waals surface area contributed by atoms with Crippen molar-refractivity contribution in [2.45, 2.75) is 12.5 Å². The highest BCUT2D eigenvalue weighted by molar-refractivity contribution is 9.10. The molecule has 1 unspecified atom stereocenters. The van der Waals surface area contributed by atoms with Crippen molar-refractivity contribution in [3.05, 3.63) is 28.2 Å². The minimum atomic E-state index is -0.0783. The van der Waals surface area contributed by atoms with E-state index in [9.17, 15) is 4.79 Å². The summed E-state index contributed by atoms with van der Waals surface area (Å²) in [6.45, 7) is 1.30. The first-order valence-electron chi connectivity index (χ1n) is 6.15. The van der Waals surface area contributed by atoms with Crippen molar-refractivity contribution in [1.82, 2.24) is 10.2 Å². The highest BCUT2D eigenvalue weighted by Crippen LogP contribution is 2.29. The second kappa shape index (κ2) is 6.25. The van der Waals surface area contributed by atoms with Crippen molar-refractivity contribution in [1.29, 1.82) is 0 Å². The van der Waals surface area contributed by atoms with E-state index in [1.165, 1.54) is 0 Å². The molecule has 5 nitrogen and oxygen atoms in total. The van der Waals surface area contributed by atoms with E-state index in [-0.39, 0.29) is 18.7 Å². The topological polar surface area (TPSA) is 61.8 Å². The van der Waals surface area contributed by atoms with Gasteiger partial charge in [0, 0.05) is 19.7 Å². The first kappa shape index (κ1) is 14.1. The minimum absolute atomic E-state index is 0.0200. The first-order valence-corrected chi connectivity index (χ1v) is 6.94. The molecule has 1 heterocycles. The van der Waals surface area contributed by atoms with Gasteiger partial charge in [0.15, 0.2) is 0 Å². The minimum Gasteiger partial charge on any atom is -0.496 e. The zero-order chi connectivity index (χ0) is 13.8. The third kappa shape index (κ3) is 3.19. The lowest BCUT2D eigenvalue weighted by molar-refractivity contribution is 0.209. The summed E-state index contributed by atoms with van der Waals surface area (Å²) >= 11 is 3.44. The number of hydrogen-bond donors (Lipinski definition) is 2. The van der Waals surface area contributed by atoms with E-state index in [4.69, 9.17) is 9.84 Å². The van der Waals surface area contributed by atoms with Crippen LogP contribution in [0.15, 0.2) is 22.7 Å². The van der Waals surface area contributed by atoms with Crippen LogP contribution in [0.2, 0.25) is 0 Å². The zero-order valence-electron chi connectivity index (χ0n) is 10.7. The lowest BCUT2D eigenvalue weighted by atomic mass is 10.1. The number of ether oxygens (including phenoxy) is 1. The number of methoxy groups -OCH3 is 1. The first-order chi connectivity index (χ1) is 9.15. The molecule has 1 aliphatic heterocycles. The Morgan fingerprint density at radius 2 is 2.37 bits per heavy atom. The zero-order valence-corrected chi connectivity index (χ0v) is 12.3. The summed E-state index contributed by atoms with van der Waals surface area (Å²) in [4.78, 5) is 13.5. The Kier molecular flexibility index (Phi) is 4.66. The van der Waals surface area contributed by atoms with Gasteiger partial charge >= 0.3 is 6.03 Å². The number of urea groups is 1. The quantitative estimate of drug-likeness (QED) is 0.867. The van der Waals surface area contributed by atoms with E-state index in [2.05, 4.69) is 21.2 Å². The number of carbonyl (C=O) groups excluding carboxylic acids is 1. The molecule has 2 amide bonds. The van der Waals surface area contributed by atoms with Crippen LogP contribution >= 0.6 is 15.9 Å². The molecule has 6 heteroatoms. The van der Waals surface area contributed by atoms with Gasteiger partial charge in [-0.15, -0.1) is 0 Å². The lowest BCUT2D eigenvalue weighted by Crippen LogP contribution is -2.29. The summed E-state index contributed by atoms with van der Waals surface area (Å²) < 4.78 is 6.06. The third-order valence-electron chi connectivity index (χ3n) is 3.15. The summed E-state index contributed by atoms with van der Waals surface area (Å²) in [6, 6.07) is 5.68. The molecule has 0 saturated carbocycles. The van der Waals surface area contributed by atoms with E-state index in [1.54, 1.807) is 12.0 Å². The fourth-order valence-electron chi connectivity index (χ4n) is 2.13. The molecule has 1 saturated heterocycles. The van der Waals surface area contributed by atoms with Gasteiger partial charge in [-0.3, -0.25) is 0 Å². The van der Waals surface area contributed by atoms with Gasteiger partial charge < -0.3 is 20.1 Å². The molecule has 1 aromatic rings. The van der Waals surface area contributed by atoms with Crippen LogP contribution in [0.4, 0.5) is 4.79 Å². The van der Waals surface area contributed by atoms with Crippen LogP contribution in [0.3, 0.4) is 0 Å². The number of nitrogens with zero attached hydrogens (tertiary/aromatic N) is 1. The van der Waals surface area contributed by atoms with E-state index < -0.39 is 0 Å². The highest BCUT2D eigenvalue weighted by atomic mass is 79.9. The lowest BCUT2D eigenvalue weighted by Gasteiger charge is -2.14. The van der Waals surface area contributed by atoms with Gasteiger partial charge in [0.2, 0.25) is 0 Å². The fraction of sp³-hybridized carbons (Fsp3) is 0.462. The van der Waals surface area contributed by atoms with E-state index in [0.29, 0.717) is 19.5 Å². The second-order valence-corrected chi connectivity index (χ2v) is 5.27. The van der Waals surface area contributed by atoms with Gasteiger partial charge in [-0.2, -0.15) is 0 Å². The molecule has 19 heavy (non-hydrogen) atoms. The standard InChI is InChI=1S/C13H17BrN2O3/c1-19-12-4-3-9(7-10(12)14)11-8-16(5-2-6-17)13(18)15-11/h3-4,7,11,17H,2,5-6,8H2,1H3,(H,15,18). The van der Waals surface area contributed by atoms with Crippen molar-refractivity contribution in [3.8, 4) is 5.75 Å². The summed E-state index contributed by atoms with van der Waals surface area (Å²) in [5.41, 5.74) is 1.03. The van der Waals surface area contributed by atoms with Crippen molar-refractivity contribution < 1.29 is 14.6 Å². The van der Waals surface area contributed by atoms with Crippen molar-refractivity contribution in [2.75, 3.05) is 26.8 Å². The Balaban J connectivity index is 2.07. The number of hydrogen-bond acceptors (Lipinski definition) is 3. The van der Waals surface area contributed by atoms with Crippen LogP contribution in [0.1, 0.15) is 18.0 Å². The molecule has 2 N–H and O–H groups in total. The van der Waals surface area contributed by atoms with Gasteiger partial charge in [0.05, 0.1) is 17.6 Å². The number of aliphatic hydroxyl groups is 1. The highest BCUT2D eigenvalue weighted by Gasteiger charge is 2.29. The number of nitrogens with one attached hydrogen (secondary N) is 1. The number of rotatable bonds is 5. The SMILES string of the molecule is COc1ccc(C2CN(CCCO)C(=O)N2)cc1Br. The molecule has 0 aliphatic carbocycles. The fourth-order valence-corrected chi connectivity index (χ4v) is 2.69. The van der Waals surface area contributed by atoms with Gasteiger partial charge in [-0.05, 0) is 40.0 Å². The number of amides is 2. The Morgan fingerprint density at radius 1 is 1.58 bits per heavy atom. The van der Waals surface area contributed by atoms with Gasteiger partial charge in [0.25, 0.3) is 0 Å². The van der Waals surface area contributed by atoms with Crippen LogP contribution in [-0.2, 0) is 0 Å². The van der Waals surface area contributed by atoms with Gasteiger partial charge in [-0.25, -0.2) is 4.79 Å². The van der Waals surface area contributed by atoms with Gasteiger partial charge in [0.1, 0.15) is 5.75 Å². The molecule has 2 rings (SSSR count). The smallest absolute Gasteiger partial charge is 0.318 e. The maximum atomic E-state index is 11.8. The normalized spacial score (nSPS) is 18.6. The predicted molar refractivity (Wildman–Crippen MR) is 75.2 cm³/mol. The largest absolute Gasteiger partial charge is 0.496 e. The van der Waals surface area contributed by atoms with Crippen LogP contribution in [0.25, 0.3) is 0 Å². The van der Waals surface area contributed by atoms with Gasteiger partial charge in [-0.1, -0.05) is 6.07 Å². The van der Waals surface area contributed by atoms with Crippen LogP contribution < -0.4 is 10.1 Å². The Hall–Kier alpha value is -1.27. The van der Waals surface area contributed by atoms with E-state index in [0.717, 1.165) is 15.8 Å².